The SMILES string of the molecule is CC1(NCC2NCCCC2(C)C)CCCCC1. The van der Waals surface area contributed by atoms with E-state index in [-0.39, 0.29) is 0 Å². The summed E-state index contributed by atoms with van der Waals surface area (Å²) in [6.07, 6.45) is 9.67. The van der Waals surface area contributed by atoms with Crippen LogP contribution in [-0.4, -0.2) is 24.7 Å². The zero-order valence-corrected chi connectivity index (χ0v) is 11.9. The van der Waals surface area contributed by atoms with Gasteiger partial charge in [-0.15, -0.1) is 0 Å². The first-order chi connectivity index (χ1) is 8.02. The summed E-state index contributed by atoms with van der Waals surface area (Å²) >= 11 is 0. The van der Waals surface area contributed by atoms with Gasteiger partial charge in [0.25, 0.3) is 0 Å². The predicted octanol–water partition coefficient (Wildman–Crippen LogP) is 3.08. The van der Waals surface area contributed by atoms with Crippen LogP contribution in [0.4, 0.5) is 0 Å². The van der Waals surface area contributed by atoms with Gasteiger partial charge in [0.05, 0.1) is 0 Å². The molecule has 1 saturated heterocycles. The van der Waals surface area contributed by atoms with Gasteiger partial charge >= 0.3 is 0 Å². The zero-order chi connectivity index (χ0) is 12.4. The molecule has 0 amide bonds. The lowest BCUT2D eigenvalue weighted by Gasteiger charge is -2.43. The first-order valence-electron chi connectivity index (χ1n) is 7.50. The van der Waals surface area contributed by atoms with Crippen LogP contribution in [0.2, 0.25) is 0 Å². The van der Waals surface area contributed by atoms with E-state index in [0.717, 1.165) is 6.54 Å². The number of rotatable bonds is 3. The molecule has 1 unspecified atom stereocenters. The van der Waals surface area contributed by atoms with E-state index in [1.165, 1.54) is 51.5 Å². The monoisotopic (exact) mass is 238 g/mol. The average molecular weight is 238 g/mol. The number of hydrogen-bond donors (Lipinski definition) is 2. The molecular weight excluding hydrogens is 208 g/mol. The van der Waals surface area contributed by atoms with E-state index in [9.17, 15) is 0 Å². The second-order valence-electron chi connectivity index (χ2n) is 7.10. The van der Waals surface area contributed by atoms with Gasteiger partial charge in [-0.1, -0.05) is 33.1 Å². The van der Waals surface area contributed by atoms with Gasteiger partial charge in [0.1, 0.15) is 0 Å². The Hall–Kier alpha value is -0.0800. The topological polar surface area (TPSA) is 24.1 Å². The van der Waals surface area contributed by atoms with Crippen molar-refractivity contribution >= 4 is 0 Å². The van der Waals surface area contributed by atoms with E-state index in [4.69, 9.17) is 0 Å². The van der Waals surface area contributed by atoms with Crippen molar-refractivity contribution in [1.29, 1.82) is 0 Å². The summed E-state index contributed by atoms with van der Waals surface area (Å²) in [5.41, 5.74) is 0.865. The fourth-order valence-electron chi connectivity index (χ4n) is 3.48. The van der Waals surface area contributed by atoms with Gasteiger partial charge in [0, 0.05) is 18.1 Å². The summed E-state index contributed by atoms with van der Waals surface area (Å²) in [7, 11) is 0. The molecule has 0 aromatic rings. The Morgan fingerprint density at radius 2 is 1.71 bits per heavy atom. The van der Waals surface area contributed by atoms with Crippen LogP contribution in [0.3, 0.4) is 0 Å². The van der Waals surface area contributed by atoms with E-state index in [1.54, 1.807) is 0 Å². The second kappa shape index (κ2) is 5.27. The van der Waals surface area contributed by atoms with Gasteiger partial charge in [-0.3, -0.25) is 0 Å². The van der Waals surface area contributed by atoms with Crippen molar-refractivity contribution in [2.45, 2.75) is 77.3 Å². The third-order valence-electron chi connectivity index (χ3n) is 5.02. The van der Waals surface area contributed by atoms with Gasteiger partial charge in [-0.05, 0) is 44.6 Å². The second-order valence-corrected chi connectivity index (χ2v) is 7.10. The molecule has 1 aliphatic heterocycles. The molecule has 2 aliphatic rings. The predicted molar refractivity (Wildman–Crippen MR) is 74.3 cm³/mol. The molecule has 2 heteroatoms. The maximum atomic E-state index is 3.86. The lowest BCUT2D eigenvalue weighted by molar-refractivity contribution is 0.154. The van der Waals surface area contributed by atoms with Gasteiger partial charge in [0.15, 0.2) is 0 Å². The van der Waals surface area contributed by atoms with Crippen molar-refractivity contribution in [1.82, 2.24) is 10.6 Å². The van der Waals surface area contributed by atoms with Crippen molar-refractivity contribution in [3.63, 3.8) is 0 Å². The molecule has 1 heterocycles. The van der Waals surface area contributed by atoms with Crippen molar-refractivity contribution in [2.24, 2.45) is 5.41 Å². The molecule has 0 bridgehead atoms. The summed E-state index contributed by atoms with van der Waals surface area (Å²) < 4.78 is 0. The third-order valence-corrected chi connectivity index (χ3v) is 5.02. The highest BCUT2D eigenvalue weighted by Crippen LogP contribution is 2.31. The maximum Gasteiger partial charge on any atom is 0.0243 e. The Morgan fingerprint density at radius 1 is 1.00 bits per heavy atom. The molecule has 0 aromatic heterocycles. The molecule has 1 aliphatic carbocycles. The molecule has 2 fully saturated rings. The van der Waals surface area contributed by atoms with Crippen LogP contribution in [0.25, 0.3) is 0 Å². The number of hydrogen-bond acceptors (Lipinski definition) is 2. The van der Waals surface area contributed by atoms with E-state index in [1.807, 2.05) is 0 Å². The summed E-state index contributed by atoms with van der Waals surface area (Å²) in [6.45, 7) is 9.58. The summed E-state index contributed by atoms with van der Waals surface area (Å²) in [4.78, 5) is 0. The fourth-order valence-corrected chi connectivity index (χ4v) is 3.48. The van der Waals surface area contributed by atoms with E-state index in [2.05, 4.69) is 31.4 Å². The lowest BCUT2D eigenvalue weighted by Crippen LogP contribution is -2.56. The Kier molecular flexibility index (Phi) is 4.14. The van der Waals surface area contributed by atoms with Crippen LogP contribution in [0.5, 0.6) is 0 Å². The highest BCUT2D eigenvalue weighted by molar-refractivity contribution is 4.93. The van der Waals surface area contributed by atoms with Gasteiger partial charge < -0.3 is 10.6 Å². The molecule has 0 spiro atoms. The first-order valence-corrected chi connectivity index (χ1v) is 7.50. The molecular formula is C15H30N2. The quantitative estimate of drug-likeness (QED) is 0.789. The maximum absolute atomic E-state index is 3.86. The average Bonchev–Trinajstić information content (AvgIpc) is 2.28. The molecule has 0 aromatic carbocycles. The van der Waals surface area contributed by atoms with Crippen LogP contribution < -0.4 is 10.6 Å². The third kappa shape index (κ3) is 3.45. The molecule has 17 heavy (non-hydrogen) atoms. The van der Waals surface area contributed by atoms with E-state index < -0.39 is 0 Å². The highest BCUT2D eigenvalue weighted by atomic mass is 15.0. The van der Waals surface area contributed by atoms with Gasteiger partial charge in [-0.25, -0.2) is 0 Å². The van der Waals surface area contributed by atoms with Gasteiger partial charge in [0.2, 0.25) is 0 Å². The van der Waals surface area contributed by atoms with Crippen molar-refractivity contribution in [2.75, 3.05) is 13.1 Å². The summed E-state index contributed by atoms with van der Waals surface area (Å²) in [5, 5.41) is 7.56. The van der Waals surface area contributed by atoms with Crippen LogP contribution >= 0.6 is 0 Å². The summed E-state index contributed by atoms with van der Waals surface area (Å²) in [5.74, 6) is 0. The molecule has 0 radical (unpaired) electrons. The van der Waals surface area contributed by atoms with Crippen LogP contribution in [0.15, 0.2) is 0 Å². The number of nitrogens with one attached hydrogen (secondary N) is 2. The Labute approximate surface area is 107 Å². The van der Waals surface area contributed by atoms with Crippen LogP contribution in [0.1, 0.15) is 65.7 Å². The fraction of sp³-hybridized carbons (Fsp3) is 1.00. The largest absolute Gasteiger partial charge is 0.312 e. The smallest absolute Gasteiger partial charge is 0.0243 e. The van der Waals surface area contributed by atoms with Crippen molar-refractivity contribution < 1.29 is 0 Å². The lowest BCUT2D eigenvalue weighted by atomic mass is 9.76. The van der Waals surface area contributed by atoms with Crippen molar-refractivity contribution in [3.05, 3.63) is 0 Å². The van der Waals surface area contributed by atoms with Crippen LogP contribution in [0, 0.1) is 5.41 Å². The molecule has 2 nitrogen and oxygen atoms in total. The minimum Gasteiger partial charge on any atom is -0.312 e. The molecule has 100 valence electrons. The number of piperidine rings is 1. The minimum atomic E-state index is 0.410. The van der Waals surface area contributed by atoms with Gasteiger partial charge in [-0.2, -0.15) is 0 Å². The Balaban J connectivity index is 1.84. The zero-order valence-electron chi connectivity index (χ0n) is 11.9. The molecule has 1 atom stereocenters. The Bertz CT molecular complexity index is 241. The van der Waals surface area contributed by atoms with E-state index in [0.29, 0.717) is 17.0 Å². The highest BCUT2D eigenvalue weighted by Gasteiger charge is 2.34. The Morgan fingerprint density at radius 3 is 2.35 bits per heavy atom. The van der Waals surface area contributed by atoms with E-state index >= 15 is 0 Å². The standard InChI is InChI=1S/C15H30N2/c1-14(2)8-7-11-16-13(14)12-17-15(3)9-5-4-6-10-15/h13,16-17H,4-12H2,1-3H3. The first kappa shape index (κ1) is 13.4. The molecule has 1 saturated carbocycles. The minimum absolute atomic E-state index is 0.410. The summed E-state index contributed by atoms with van der Waals surface area (Å²) in [6, 6.07) is 0.648. The molecule has 2 rings (SSSR count). The van der Waals surface area contributed by atoms with Crippen LogP contribution in [-0.2, 0) is 0 Å². The molecule has 2 N–H and O–H groups in total. The normalized spacial score (nSPS) is 32.3. The van der Waals surface area contributed by atoms with Crippen molar-refractivity contribution in [3.8, 4) is 0 Å².